The fourth-order valence-electron chi connectivity index (χ4n) is 0.0340. The number of ether oxygens (including phenoxy) is 1. The van der Waals surface area contributed by atoms with Crippen LogP contribution in [0, 0.1) is 0 Å². The van der Waals surface area contributed by atoms with E-state index in [-0.39, 0.29) is 0 Å². The quantitative estimate of drug-likeness (QED) is 0.361. The van der Waals surface area contributed by atoms with Crippen LogP contribution in [-0.4, -0.2) is 12.4 Å². The molecular weight excluding hydrogens is 120 g/mol. The van der Waals surface area contributed by atoms with E-state index in [0.717, 1.165) is 0 Å². The zero-order valence-corrected chi connectivity index (χ0v) is 4.77. The van der Waals surface area contributed by atoms with Crippen molar-refractivity contribution in [2.75, 3.05) is 7.11 Å². The normalized spacial score (nSPS) is 7.67. The Hall–Kier alpha value is 0.170. The molecule has 2 nitrogen and oxygen atoms in total. The van der Waals surface area contributed by atoms with Gasteiger partial charge in [0.1, 0.15) is 0 Å². The van der Waals surface area contributed by atoms with Gasteiger partial charge in [0.25, 0.3) is 0 Å². The lowest BCUT2D eigenvalue weighted by Gasteiger charge is -1.84. The standard InChI is InChI=1S/C2H3O2S2/c1-4-2(3)6-5/h1H3. The zero-order chi connectivity index (χ0) is 4.99. The molecule has 0 aromatic rings. The van der Waals surface area contributed by atoms with Crippen LogP contribution in [-0.2, 0) is 4.74 Å². The second-order valence-corrected chi connectivity index (χ2v) is 1.54. The van der Waals surface area contributed by atoms with E-state index in [9.17, 15) is 4.79 Å². The van der Waals surface area contributed by atoms with Crippen LogP contribution < -0.4 is 0 Å². The molecule has 6 heavy (non-hydrogen) atoms. The Kier molecular flexibility index (Phi) is 3.46. The lowest BCUT2D eigenvalue weighted by Crippen LogP contribution is -1.84. The molecule has 0 N–H and O–H groups in total. The molecule has 0 aromatic carbocycles. The number of hydrogen-bond donors (Lipinski definition) is 0. The number of carbonyl (C=O) groups is 1. The van der Waals surface area contributed by atoms with E-state index in [2.05, 4.69) is 16.4 Å². The van der Waals surface area contributed by atoms with Crippen molar-refractivity contribution in [1.29, 1.82) is 0 Å². The van der Waals surface area contributed by atoms with Gasteiger partial charge in [-0.05, 0) is 11.7 Å². The first-order chi connectivity index (χ1) is 2.81. The Morgan fingerprint density at radius 2 is 2.50 bits per heavy atom. The smallest absolute Gasteiger partial charge is 0.378 e. The molecule has 0 saturated carbocycles. The second-order valence-electron chi connectivity index (χ2n) is 0.537. The van der Waals surface area contributed by atoms with Gasteiger partial charge in [-0.3, -0.25) is 0 Å². The van der Waals surface area contributed by atoms with Crippen molar-refractivity contribution in [3.63, 3.8) is 0 Å². The minimum absolute atomic E-state index is 0.426. The third kappa shape index (κ3) is 2.41. The first kappa shape index (κ1) is 6.17. The highest BCUT2D eigenvalue weighted by Crippen LogP contribution is 2.06. The van der Waals surface area contributed by atoms with Gasteiger partial charge < -0.3 is 4.74 Å². The van der Waals surface area contributed by atoms with Crippen LogP contribution >= 0.6 is 22.5 Å². The molecule has 0 bridgehead atoms. The molecule has 0 rings (SSSR count). The molecule has 0 aliphatic heterocycles. The molecule has 0 saturated heterocycles. The lowest BCUT2D eigenvalue weighted by molar-refractivity contribution is 0.200. The maximum atomic E-state index is 9.82. The van der Waals surface area contributed by atoms with Crippen LogP contribution in [0.5, 0.6) is 0 Å². The van der Waals surface area contributed by atoms with Crippen LogP contribution in [0.4, 0.5) is 4.79 Å². The van der Waals surface area contributed by atoms with Crippen molar-refractivity contribution in [2.24, 2.45) is 0 Å². The van der Waals surface area contributed by atoms with E-state index >= 15 is 0 Å². The second kappa shape index (κ2) is 3.36. The van der Waals surface area contributed by atoms with Crippen molar-refractivity contribution in [3.05, 3.63) is 0 Å². The highest BCUT2D eigenvalue weighted by Gasteiger charge is 1.91. The Labute approximate surface area is 45.1 Å². The van der Waals surface area contributed by atoms with E-state index in [1.54, 1.807) is 0 Å². The van der Waals surface area contributed by atoms with Gasteiger partial charge in [-0.15, -0.1) is 0 Å². The van der Waals surface area contributed by atoms with Crippen LogP contribution in [0.25, 0.3) is 0 Å². The zero-order valence-electron chi connectivity index (χ0n) is 3.13. The summed E-state index contributed by atoms with van der Waals surface area (Å²) in [7, 11) is 1.94. The first-order valence-electron chi connectivity index (χ1n) is 1.19. The maximum Gasteiger partial charge on any atom is 0.378 e. The predicted molar refractivity (Wildman–Crippen MR) is 27.6 cm³/mol. The molecule has 0 aliphatic carbocycles. The van der Waals surface area contributed by atoms with Gasteiger partial charge >= 0.3 is 5.30 Å². The molecule has 0 aliphatic rings. The van der Waals surface area contributed by atoms with Crippen LogP contribution in [0.1, 0.15) is 0 Å². The molecule has 0 atom stereocenters. The SMILES string of the molecule is COC(=O)S[S]. The molecular formula is C2H3O2S2. The fourth-order valence-corrected chi connectivity index (χ4v) is 0.306. The maximum absolute atomic E-state index is 9.82. The topological polar surface area (TPSA) is 26.3 Å². The van der Waals surface area contributed by atoms with Gasteiger partial charge in [-0.1, -0.05) is 0 Å². The summed E-state index contributed by atoms with van der Waals surface area (Å²) in [6.07, 6.45) is 0. The van der Waals surface area contributed by atoms with Crippen LogP contribution in [0.3, 0.4) is 0 Å². The van der Waals surface area contributed by atoms with Gasteiger partial charge in [-0.2, -0.15) is 0 Å². The number of methoxy groups -OCH3 is 1. The van der Waals surface area contributed by atoms with Gasteiger partial charge in [0.2, 0.25) is 0 Å². The molecule has 0 heterocycles. The van der Waals surface area contributed by atoms with E-state index in [1.807, 2.05) is 0 Å². The van der Waals surface area contributed by atoms with Crippen molar-refractivity contribution < 1.29 is 9.53 Å². The van der Waals surface area contributed by atoms with Crippen LogP contribution in [0.15, 0.2) is 0 Å². The molecule has 0 amide bonds. The van der Waals surface area contributed by atoms with E-state index in [0.29, 0.717) is 10.8 Å². The molecule has 0 spiro atoms. The largest absolute Gasteiger partial charge is 0.460 e. The van der Waals surface area contributed by atoms with E-state index in [4.69, 9.17) is 0 Å². The Balaban J connectivity index is 2.99. The van der Waals surface area contributed by atoms with Gasteiger partial charge in [0.05, 0.1) is 7.11 Å². The average Bonchev–Trinajstić information content (AvgIpc) is 1.65. The predicted octanol–water partition coefficient (Wildman–Crippen LogP) is 1.60. The first-order valence-corrected chi connectivity index (χ1v) is 2.93. The van der Waals surface area contributed by atoms with Crippen molar-refractivity contribution in [2.45, 2.75) is 0 Å². The Bertz CT molecular complexity index is 47.5. The molecule has 4 heteroatoms. The summed E-state index contributed by atoms with van der Waals surface area (Å²) in [6.45, 7) is 0. The Morgan fingerprint density at radius 1 is 2.00 bits per heavy atom. The molecule has 1 radical (unpaired) electrons. The summed E-state index contributed by atoms with van der Waals surface area (Å²) >= 11 is 4.22. The number of rotatable bonds is 0. The molecule has 0 aromatic heterocycles. The van der Waals surface area contributed by atoms with Crippen molar-refractivity contribution >= 4 is 27.8 Å². The third-order valence-electron chi connectivity index (χ3n) is 0.235. The summed E-state index contributed by atoms with van der Waals surface area (Å²) < 4.78 is 4.12. The lowest BCUT2D eigenvalue weighted by atomic mass is 11.5. The molecule has 35 valence electrons. The fraction of sp³-hybridized carbons (Fsp3) is 0.500. The summed E-state index contributed by atoms with van der Waals surface area (Å²) in [5, 5.41) is -0.426. The van der Waals surface area contributed by atoms with Crippen molar-refractivity contribution in [1.82, 2.24) is 0 Å². The number of hydrogen-bond acceptors (Lipinski definition) is 3. The monoisotopic (exact) mass is 123 g/mol. The Morgan fingerprint density at radius 3 is 2.50 bits per heavy atom. The minimum Gasteiger partial charge on any atom is -0.460 e. The van der Waals surface area contributed by atoms with Crippen LogP contribution in [0.2, 0.25) is 0 Å². The minimum atomic E-state index is -0.426. The van der Waals surface area contributed by atoms with Gasteiger partial charge in [0, 0.05) is 10.8 Å². The number of carbonyl (C=O) groups excluding carboxylic acids is 1. The summed E-state index contributed by atoms with van der Waals surface area (Å²) in [5.74, 6) is 0. The van der Waals surface area contributed by atoms with E-state index in [1.165, 1.54) is 7.11 Å². The van der Waals surface area contributed by atoms with Gasteiger partial charge in [-0.25, -0.2) is 4.79 Å². The summed E-state index contributed by atoms with van der Waals surface area (Å²) in [6, 6.07) is 0. The summed E-state index contributed by atoms with van der Waals surface area (Å²) in [4.78, 5) is 9.82. The molecule has 0 fully saturated rings. The highest BCUT2D eigenvalue weighted by molar-refractivity contribution is 8.74. The van der Waals surface area contributed by atoms with Crippen molar-refractivity contribution in [3.8, 4) is 0 Å². The average molecular weight is 123 g/mol. The highest BCUT2D eigenvalue weighted by atomic mass is 33.1. The molecule has 0 unspecified atom stereocenters. The van der Waals surface area contributed by atoms with Gasteiger partial charge in [0.15, 0.2) is 0 Å². The summed E-state index contributed by atoms with van der Waals surface area (Å²) in [5.41, 5.74) is 0. The van der Waals surface area contributed by atoms with E-state index < -0.39 is 5.30 Å². The third-order valence-corrected chi connectivity index (χ3v) is 0.946.